The van der Waals surface area contributed by atoms with Gasteiger partial charge in [-0.1, -0.05) is 6.07 Å². The molecule has 0 spiro atoms. The summed E-state index contributed by atoms with van der Waals surface area (Å²) >= 11 is 2.18. The Kier molecular flexibility index (Phi) is 5.72. The van der Waals surface area contributed by atoms with Gasteiger partial charge in [0.1, 0.15) is 17.0 Å². The number of anilines is 1. The predicted molar refractivity (Wildman–Crippen MR) is 141 cm³/mol. The maximum absolute atomic E-state index is 16.2. The van der Waals surface area contributed by atoms with E-state index >= 15 is 4.39 Å². The lowest BCUT2D eigenvalue weighted by atomic mass is 10.00. The SMILES string of the molecule is CCOc1nc(N2CC3CCC(C2)N3)c2cnc(-c3c(C)ccc4c3cnn4SI)c(F)c2n1. The highest BCUT2D eigenvalue weighted by Crippen LogP contribution is 2.38. The van der Waals surface area contributed by atoms with Crippen molar-refractivity contribution in [1.82, 2.24) is 29.5 Å². The molecule has 2 fully saturated rings. The van der Waals surface area contributed by atoms with E-state index in [0.717, 1.165) is 48.0 Å². The van der Waals surface area contributed by atoms with Gasteiger partial charge in [-0.15, -0.1) is 0 Å². The first kappa shape index (κ1) is 22.2. The van der Waals surface area contributed by atoms with Crippen molar-refractivity contribution in [2.75, 3.05) is 24.6 Å². The van der Waals surface area contributed by atoms with E-state index in [4.69, 9.17) is 4.74 Å². The molecule has 0 saturated carbocycles. The third-order valence-corrected chi connectivity index (χ3v) is 8.20. The smallest absolute Gasteiger partial charge is 0.319 e. The topological polar surface area (TPSA) is 81.0 Å². The van der Waals surface area contributed by atoms with Gasteiger partial charge in [-0.2, -0.15) is 19.2 Å². The number of rotatable bonds is 5. The maximum atomic E-state index is 16.2. The number of aromatic nitrogens is 5. The number of halogens is 2. The molecule has 11 heteroatoms. The molecule has 2 aliphatic rings. The summed E-state index contributed by atoms with van der Waals surface area (Å²) in [6, 6.07) is 5.00. The minimum Gasteiger partial charge on any atom is -0.464 e. The van der Waals surface area contributed by atoms with Gasteiger partial charge in [0.15, 0.2) is 5.82 Å². The fourth-order valence-corrected chi connectivity index (χ4v) is 6.42. The number of fused-ring (bicyclic) bond motifs is 4. The molecule has 2 atom stereocenters. The molecule has 176 valence electrons. The van der Waals surface area contributed by atoms with Gasteiger partial charge in [0, 0.05) is 72.6 Å². The fourth-order valence-electron chi connectivity index (χ4n) is 5.16. The van der Waals surface area contributed by atoms with E-state index in [0.29, 0.717) is 29.9 Å². The molecule has 0 radical (unpaired) electrons. The molecule has 6 rings (SSSR count). The number of nitrogens with one attached hydrogen (secondary N) is 1. The largest absolute Gasteiger partial charge is 0.464 e. The van der Waals surface area contributed by atoms with Crippen LogP contribution in [0.3, 0.4) is 0 Å². The van der Waals surface area contributed by atoms with Crippen LogP contribution in [0.5, 0.6) is 6.01 Å². The average Bonchev–Trinajstić information content (AvgIpc) is 3.41. The van der Waals surface area contributed by atoms with Crippen LogP contribution < -0.4 is 15.0 Å². The van der Waals surface area contributed by atoms with Gasteiger partial charge in [-0.25, -0.2) is 4.39 Å². The van der Waals surface area contributed by atoms with Crippen LogP contribution in [0, 0.1) is 12.7 Å². The minimum atomic E-state index is -0.467. The first-order valence-electron chi connectivity index (χ1n) is 11.3. The molecule has 0 amide bonds. The summed E-state index contributed by atoms with van der Waals surface area (Å²) in [7, 11) is 1.47. The van der Waals surface area contributed by atoms with Crippen molar-refractivity contribution in [3.05, 3.63) is 35.9 Å². The molecule has 2 bridgehead atoms. The number of ether oxygens (including phenoxy) is 1. The molecule has 1 aromatic carbocycles. The van der Waals surface area contributed by atoms with Crippen LogP contribution in [0.25, 0.3) is 33.1 Å². The Labute approximate surface area is 212 Å². The number of hydrogen-bond donors (Lipinski definition) is 1. The summed E-state index contributed by atoms with van der Waals surface area (Å²) < 4.78 is 23.7. The summed E-state index contributed by atoms with van der Waals surface area (Å²) in [6.07, 6.45) is 5.76. The summed E-state index contributed by atoms with van der Waals surface area (Å²) in [5, 5.41) is 9.52. The van der Waals surface area contributed by atoms with Gasteiger partial charge in [0.25, 0.3) is 0 Å². The number of benzene rings is 1. The van der Waals surface area contributed by atoms with Crippen LogP contribution in [0.2, 0.25) is 0 Å². The molecule has 1 N–H and O–H groups in total. The van der Waals surface area contributed by atoms with Crippen LogP contribution in [-0.4, -0.2) is 55.9 Å². The summed E-state index contributed by atoms with van der Waals surface area (Å²) in [4.78, 5) is 16.0. The van der Waals surface area contributed by atoms with Gasteiger partial charge < -0.3 is 15.0 Å². The molecule has 8 nitrogen and oxygen atoms in total. The van der Waals surface area contributed by atoms with Crippen LogP contribution >= 0.6 is 30.3 Å². The molecule has 2 saturated heterocycles. The van der Waals surface area contributed by atoms with Crippen LogP contribution in [0.15, 0.2) is 24.5 Å². The van der Waals surface area contributed by atoms with Crippen molar-refractivity contribution in [3.8, 4) is 17.3 Å². The van der Waals surface area contributed by atoms with Crippen molar-refractivity contribution < 1.29 is 9.13 Å². The van der Waals surface area contributed by atoms with Crippen molar-refractivity contribution in [3.63, 3.8) is 0 Å². The molecular weight excluding hydrogens is 568 g/mol. The molecule has 2 unspecified atom stereocenters. The Bertz CT molecular complexity index is 1400. The highest BCUT2D eigenvalue weighted by Gasteiger charge is 2.34. The second-order valence-electron chi connectivity index (χ2n) is 8.77. The molecule has 0 aliphatic carbocycles. The van der Waals surface area contributed by atoms with Crippen molar-refractivity contribution in [2.45, 2.75) is 38.8 Å². The van der Waals surface area contributed by atoms with E-state index in [1.165, 1.54) is 9.12 Å². The fraction of sp³-hybridized carbons (Fsp3) is 0.391. The van der Waals surface area contributed by atoms with E-state index in [1.807, 2.05) is 30.1 Å². The third-order valence-electron chi connectivity index (χ3n) is 6.66. The quantitative estimate of drug-likeness (QED) is 0.336. The number of piperazine rings is 1. The lowest BCUT2D eigenvalue weighted by molar-refractivity contribution is 0.313. The van der Waals surface area contributed by atoms with E-state index in [2.05, 4.69) is 51.5 Å². The molecule has 34 heavy (non-hydrogen) atoms. The number of aryl methyl sites for hydroxylation is 1. The van der Waals surface area contributed by atoms with Gasteiger partial charge in [0.2, 0.25) is 0 Å². The Hall–Kier alpha value is -2.25. The zero-order valence-corrected chi connectivity index (χ0v) is 21.7. The van der Waals surface area contributed by atoms with Gasteiger partial charge in [0.05, 0.1) is 23.7 Å². The first-order valence-corrected chi connectivity index (χ1v) is 14.7. The molecule has 4 aromatic rings. The molecular formula is C23H23FIN7OS. The van der Waals surface area contributed by atoms with Crippen molar-refractivity contribution >= 4 is 57.9 Å². The van der Waals surface area contributed by atoms with Gasteiger partial charge in [-0.3, -0.25) is 4.98 Å². The van der Waals surface area contributed by atoms with Crippen molar-refractivity contribution in [2.24, 2.45) is 0 Å². The maximum Gasteiger partial charge on any atom is 0.319 e. The van der Waals surface area contributed by atoms with Gasteiger partial charge >= 0.3 is 6.01 Å². The van der Waals surface area contributed by atoms with E-state index < -0.39 is 5.82 Å². The molecule has 5 heterocycles. The second kappa shape index (κ2) is 8.76. The first-order chi connectivity index (χ1) is 16.6. The number of hydrogen-bond acceptors (Lipinski definition) is 8. The highest BCUT2D eigenvalue weighted by atomic mass is 127. The molecule has 3 aromatic heterocycles. The van der Waals surface area contributed by atoms with Crippen LogP contribution in [0.4, 0.5) is 10.2 Å². The predicted octanol–water partition coefficient (Wildman–Crippen LogP) is 4.67. The summed E-state index contributed by atoms with van der Waals surface area (Å²) in [5.74, 6) is 0.222. The number of nitrogens with zero attached hydrogens (tertiary/aromatic N) is 6. The second-order valence-corrected chi connectivity index (χ2v) is 10.4. The zero-order chi connectivity index (χ0) is 23.4. The van der Waals surface area contributed by atoms with E-state index in [9.17, 15) is 0 Å². The summed E-state index contributed by atoms with van der Waals surface area (Å²) in [6.45, 7) is 5.89. The van der Waals surface area contributed by atoms with E-state index in [1.54, 1.807) is 12.4 Å². The zero-order valence-electron chi connectivity index (χ0n) is 18.8. The monoisotopic (exact) mass is 591 g/mol. The Morgan fingerprint density at radius 2 is 1.97 bits per heavy atom. The van der Waals surface area contributed by atoms with E-state index in [-0.39, 0.29) is 17.2 Å². The Morgan fingerprint density at radius 1 is 1.18 bits per heavy atom. The third kappa shape index (κ3) is 3.59. The highest BCUT2D eigenvalue weighted by molar-refractivity contribution is 14.2. The Morgan fingerprint density at radius 3 is 2.71 bits per heavy atom. The standard InChI is InChI=1S/C23H23FIN7OS/c1-3-33-23-29-20-16(22(30-23)31-10-13-5-6-14(11-31)28-13)8-26-21(19(20)24)18-12(2)4-7-17-15(18)9-27-32(17)34-25/h4,7-9,13-14,28H,3,5-6,10-11H2,1-2H3. The van der Waals surface area contributed by atoms with Crippen molar-refractivity contribution in [1.29, 1.82) is 0 Å². The average molecular weight is 591 g/mol. The lowest BCUT2D eigenvalue weighted by Gasteiger charge is -2.34. The molecule has 2 aliphatic heterocycles. The van der Waals surface area contributed by atoms with Gasteiger partial charge in [-0.05, 0) is 38.3 Å². The normalized spacial score (nSPS) is 19.9. The Balaban J connectivity index is 1.55. The van der Waals surface area contributed by atoms with Crippen LogP contribution in [0.1, 0.15) is 25.3 Å². The lowest BCUT2D eigenvalue weighted by Crippen LogP contribution is -2.51. The van der Waals surface area contributed by atoms with Crippen LogP contribution in [-0.2, 0) is 0 Å². The minimum absolute atomic E-state index is 0.191. The number of pyridine rings is 1. The summed E-state index contributed by atoms with van der Waals surface area (Å²) in [5.41, 5.74) is 3.06.